The van der Waals surface area contributed by atoms with Crippen LogP contribution < -0.4 is 0 Å². The Balaban J connectivity index is 1.12. The predicted molar refractivity (Wildman–Crippen MR) is 199 cm³/mol. The third-order valence-electron chi connectivity index (χ3n) is 11.8. The van der Waals surface area contributed by atoms with Crippen LogP contribution >= 0.6 is 15.9 Å². The molecule has 0 saturated heterocycles. The molecule has 0 bridgehead atoms. The lowest BCUT2D eigenvalue weighted by Gasteiger charge is -2.58. The van der Waals surface area contributed by atoms with Crippen molar-refractivity contribution in [2.45, 2.75) is 17.3 Å². The van der Waals surface area contributed by atoms with Gasteiger partial charge >= 0.3 is 0 Å². The molecule has 3 heteroatoms. The molecule has 0 saturated carbocycles. The van der Waals surface area contributed by atoms with E-state index in [1.54, 1.807) is 0 Å². The Kier molecular flexibility index (Phi) is 4.68. The van der Waals surface area contributed by atoms with Gasteiger partial charge in [-0.25, -0.2) is 0 Å². The van der Waals surface area contributed by atoms with Crippen LogP contribution in [0.1, 0.15) is 45.2 Å². The fourth-order valence-corrected chi connectivity index (χ4v) is 10.6. The fraction of sp³-hybridized carbons (Fsp3) is 0.0667. The summed E-state index contributed by atoms with van der Waals surface area (Å²) < 4.78 is 10.2. The molecule has 9 aromatic rings. The summed E-state index contributed by atoms with van der Waals surface area (Å²) in [5.74, 6) is 0.715. The van der Waals surface area contributed by atoms with Gasteiger partial charge in [-0.3, -0.25) is 0 Å². The van der Waals surface area contributed by atoms with Gasteiger partial charge in [0.15, 0.2) is 5.58 Å². The van der Waals surface area contributed by atoms with Crippen molar-refractivity contribution >= 4 is 59.7 Å². The summed E-state index contributed by atoms with van der Waals surface area (Å²) in [6, 6.07) is 53.7. The number of nitrogens with zero attached hydrogens (tertiary/aromatic N) is 1. The van der Waals surface area contributed by atoms with Gasteiger partial charge in [-0.1, -0.05) is 125 Å². The Hall–Kier alpha value is -5.38. The van der Waals surface area contributed by atoms with E-state index < -0.39 is 0 Å². The van der Waals surface area contributed by atoms with Crippen LogP contribution in [0, 0.1) is 0 Å². The SMILES string of the molecule is Brc1ccc(-c2ccc3c(c2)c2ccccc2n3-c2cccc3c2oc2ccccc23)c2c1C1c3ccccc3C13c1ccccc1C23. The van der Waals surface area contributed by atoms with Crippen molar-refractivity contribution in [1.29, 1.82) is 0 Å². The van der Waals surface area contributed by atoms with E-state index in [0.717, 1.165) is 27.6 Å². The van der Waals surface area contributed by atoms with Crippen LogP contribution in [0.25, 0.3) is 60.6 Å². The monoisotopic (exact) mass is 675 g/mol. The third-order valence-corrected chi connectivity index (χ3v) is 12.5. The first-order valence-electron chi connectivity index (χ1n) is 16.7. The number of hydrogen-bond acceptors (Lipinski definition) is 1. The number of halogens is 1. The second kappa shape index (κ2) is 8.74. The van der Waals surface area contributed by atoms with Gasteiger partial charge in [-0.05, 0) is 80.9 Å². The number of fused-ring (bicyclic) bond motifs is 13. The topological polar surface area (TPSA) is 18.1 Å². The van der Waals surface area contributed by atoms with Crippen molar-refractivity contribution < 1.29 is 4.42 Å². The van der Waals surface area contributed by atoms with Crippen molar-refractivity contribution in [3.05, 3.63) is 183 Å². The van der Waals surface area contributed by atoms with Gasteiger partial charge in [0.2, 0.25) is 0 Å². The van der Waals surface area contributed by atoms with Gasteiger partial charge in [0, 0.05) is 43.3 Å². The molecule has 2 aromatic heterocycles. The lowest BCUT2D eigenvalue weighted by Crippen LogP contribution is -2.52. The second-order valence-electron chi connectivity index (χ2n) is 13.7. The molecule has 3 aliphatic carbocycles. The highest BCUT2D eigenvalue weighted by Gasteiger charge is 2.70. The highest BCUT2D eigenvalue weighted by molar-refractivity contribution is 9.10. The molecule has 3 unspecified atom stereocenters. The summed E-state index contributed by atoms with van der Waals surface area (Å²) in [6.45, 7) is 0. The molecular weight excluding hydrogens is 650 g/mol. The minimum atomic E-state index is 0.0273. The summed E-state index contributed by atoms with van der Waals surface area (Å²) >= 11 is 4.05. The molecule has 0 N–H and O–H groups in total. The summed E-state index contributed by atoms with van der Waals surface area (Å²) in [7, 11) is 0. The van der Waals surface area contributed by atoms with Crippen LogP contribution in [0.15, 0.2) is 154 Å². The van der Waals surface area contributed by atoms with Crippen LogP contribution in [0.4, 0.5) is 0 Å². The number of furan rings is 1. The van der Waals surface area contributed by atoms with Crippen molar-refractivity contribution in [3.8, 4) is 16.8 Å². The molecule has 2 nitrogen and oxygen atoms in total. The highest BCUT2D eigenvalue weighted by atomic mass is 79.9. The van der Waals surface area contributed by atoms with E-state index >= 15 is 0 Å². The Morgan fingerprint density at radius 2 is 1.21 bits per heavy atom. The summed E-state index contributed by atoms with van der Waals surface area (Å²) in [6.07, 6.45) is 0. The Morgan fingerprint density at radius 1 is 0.542 bits per heavy atom. The van der Waals surface area contributed by atoms with Crippen LogP contribution in [-0.4, -0.2) is 4.57 Å². The fourth-order valence-electron chi connectivity index (χ4n) is 10.1. The van der Waals surface area contributed by atoms with Crippen LogP contribution in [0.3, 0.4) is 0 Å². The van der Waals surface area contributed by atoms with Gasteiger partial charge in [0.05, 0.1) is 16.7 Å². The number of hydrogen-bond donors (Lipinski definition) is 0. The summed E-state index contributed by atoms with van der Waals surface area (Å²) in [4.78, 5) is 0. The minimum Gasteiger partial charge on any atom is -0.454 e. The molecule has 0 radical (unpaired) electrons. The quantitative estimate of drug-likeness (QED) is 0.178. The number of rotatable bonds is 2. The zero-order chi connectivity index (χ0) is 31.3. The Morgan fingerprint density at radius 3 is 2.04 bits per heavy atom. The normalized spacial score (nSPS) is 19.9. The first-order chi connectivity index (χ1) is 23.7. The molecule has 0 fully saturated rings. The maximum absolute atomic E-state index is 6.54. The predicted octanol–water partition coefficient (Wildman–Crippen LogP) is 12.0. The maximum Gasteiger partial charge on any atom is 0.159 e. The van der Waals surface area contributed by atoms with E-state index in [-0.39, 0.29) is 5.41 Å². The number of aromatic nitrogens is 1. The summed E-state index contributed by atoms with van der Waals surface area (Å²) in [5.41, 5.74) is 16.8. The number of benzene rings is 7. The molecule has 3 aliphatic rings. The van der Waals surface area contributed by atoms with E-state index in [2.05, 4.69) is 160 Å². The molecule has 224 valence electrons. The molecule has 7 aromatic carbocycles. The van der Waals surface area contributed by atoms with Crippen LogP contribution in [0.2, 0.25) is 0 Å². The second-order valence-corrected chi connectivity index (χ2v) is 14.5. The third kappa shape index (κ3) is 2.81. The Bertz CT molecular complexity index is 2890. The highest BCUT2D eigenvalue weighted by Crippen LogP contribution is 2.78. The lowest BCUT2D eigenvalue weighted by molar-refractivity contribution is 0.332. The lowest BCUT2D eigenvalue weighted by atomic mass is 9.43. The molecule has 3 atom stereocenters. The zero-order valence-electron chi connectivity index (χ0n) is 25.7. The van der Waals surface area contributed by atoms with Gasteiger partial charge in [-0.15, -0.1) is 0 Å². The van der Waals surface area contributed by atoms with Crippen LogP contribution in [0.5, 0.6) is 0 Å². The molecule has 48 heavy (non-hydrogen) atoms. The van der Waals surface area contributed by atoms with Crippen molar-refractivity contribution in [1.82, 2.24) is 4.57 Å². The molecule has 1 spiro atoms. The van der Waals surface area contributed by atoms with E-state index in [1.807, 2.05) is 6.07 Å². The van der Waals surface area contributed by atoms with Crippen molar-refractivity contribution in [2.24, 2.45) is 0 Å². The standard InChI is InChI=1S/C45H26BrNO/c46-35-22-21-26(40-41(35)43-31-13-2-6-16-34(31)45(43)33-15-5-1-12-30(33)42(40)45)25-20-23-37-32(24-25)27-10-3-7-17-36(27)47(37)38-18-9-14-29-28-11-4-8-19-39(28)48-44(29)38/h1-24,42-43H. The molecular formula is C45H26BrNO. The summed E-state index contributed by atoms with van der Waals surface area (Å²) in [5, 5.41) is 4.78. The average Bonchev–Trinajstić information content (AvgIpc) is 3.73. The first-order valence-corrected chi connectivity index (χ1v) is 17.5. The van der Waals surface area contributed by atoms with E-state index in [9.17, 15) is 0 Å². The van der Waals surface area contributed by atoms with Crippen molar-refractivity contribution in [2.75, 3.05) is 0 Å². The molecule has 2 heterocycles. The smallest absolute Gasteiger partial charge is 0.159 e. The van der Waals surface area contributed by atoms with Crippen LogP contribution in [-0.2, 0) is 5.41 Å². The van der Waals surface area contributed by atoms with Gasteiger partial charge in [-0.2, -0.15) is 0 Å². The van der Waals surface area contributed by atoms with Gasteiger partial charge < -0.3 is 8.98 Å². The Labute approximate surface area is 285 Å². The van der Waals surface area contributed by atoms with E-state index in [0.29, 0.717) is 11.8 Å². The van der Waals surface area contributed by atoms with Crippen molar-refractivity contribution in [3.63, 3.8) is 0 Å². The van der Waals surface area contributed by atoms with Gasteiger partial charge in [0.25, 0.3) is 0 Å². The largest absolute Gasteiger partial charge is 0.454 e. The van der Waals surface area contributed by atoms with E-state index in [4.69, 9.17) is 4.42 Å². The maximum atomic E-state index is 6.54. The molecule has 0 amide bonds. The molecule has 0 aliphatic heterocycles. The first kappa shape index (κ1) is 25.7. The average molecular weight is 677 g/mol. The zero-order valence-corrected chi connectivity index (χ0v) is 27.3. The minimum absolute atomic E-state index is 0.0273. The van der Waals surface area contributed by atoms with Gasteiger partial charge in [0.1, 0.15) is 5.58 Å². The molecule has 12 rings (SSSR count). The van der Waals surface area contributed by atoms with E-state index in [1.165, 1.54) is 70.8 Å². The number of para-hydroxylation sites is 3.